The molecule has 20 heavy (non-hydrogen) atoms. The van der Waals surface area contributed by atoms with Gasteiger partial charge in [0.25, 0.3) is 0 Å². The third kappa shape index (κ3) is 2.97. The van der Waals surface area contributed by atoms with Crippen LogP contribution in [-0.2, 0) is 4.74 Å². The summed E-state index contributed by atoms with van der Waals surface area (Å²) in [6.45, 7) is 7.53. The first-order chi connectivity index (χ1) is 9.63. The number of ether oxygens (including phenoxy) is 1. The Morgan fingerprint density at radius 1 is 1.15 bits per heavy atom. The predicted octanol–water partition coefficient (Wildman–Crippen LogP) is 4.56. The van der Waals surface area contributed by atoms with E-state index in [1.165, 1.54) is 0 Å². The van der Waals surface area contributed by atoms with Crippen molar-refractivity contribution in [2.75, 3.05) is 0 Å². The van der Waals surface area contributed by atoms with Crippen LogP contribution in [0.25, 0.3) is 6.08 Å². The van der Waals surface area contributed by atoms with Crippen molar-refractivity contribution in [3.63, 3.8) is 0 Å². The Morgan fingerprint density at radius 2 is 1.85 bits per heavy atom. The van der Waals surface area contributed by atoms with Crippen molar-refractivity contribution in [3.8, 4) is 0 Å². The fraction of sp³-hybridized carbons (Fsp3) is 0.167. The number of benzene rings is 2. The minimum absolute atomic E-state index is 0.268. The maximum atomic E-state index is 12.3. The monoisotopic (exact) mass is 266 g/mol. The first-order valence-corrected chi connectivity index (χ1v) is 6.61. The Morgan fingerprint density at radius 3 is 2.50 bits per heavy atom. The second-order valence-electron chi connectivity index (χ2n) is 4.68. The molecule has 0 aliphatic carbocycles. The average Bonchev–Trinajstić information content (AvgIpc) is 2.48. The lowest BCUT2D eigenvalue weighted by atomic mass is 10.0. The molecule has 0 aromatic heterocycles. The zero-order valence-corrected chi connectivity index (χ0v) is 11.8. The molecule has 2 aromatic carbocycles. The molecule has 102 valence electrons. The van der Waals surface area contributed by atoms with Crippen molar-refractivity contribution in [2.24, 2.45) is 0 Å². The van der Waals surface area contributed by atoms with Crippen LogP contribution in [0.1, 0.15) is 40.1 Å². The molecule has 0 saturated carbocycles. The maximum absolute atomic E-state index is 12.3. The standard InChI is InChI=1S/C18H18O2/c1-4-15-11-8-12-17(13(15)2)18(19)20-14(3)16-9-6-5-7-10-16/h4-12,14H,1H2,2-3H3. The molecule has 0 aliphatic heterocycles. The molecule has 0 spiro atoms. The molecule has 0 fully saturated rings. The van der Waals surface area contributed by atoms with E-state index < -0.39 is 0 Å². The highest BCUT2D eigenvalue weighted by atomic mass is 16.5. The largest absolute Gasteiger partial charge is 0.454 e. The van der Waals surface area contributed by atoms with Gasteiger partial charge in [-0.25, -0.2) is 4.79 Å². The Labute approximate surface area is 119 Å². The van der Waals surface area contributed by atoms with E-state index in [0.29, 0.717) is 5.56 Å². The van der Waals surface area contributed by atoms with Crippen molar-refractivity contribution >= 4 is 12.0 Å². The van der Waals surface area contributed by atoms with E-state index in [2.05, 4.69) is 6.58 Å². The summed E-state index contributed by atoms with van der Waals surface area (Å²) in [4.78, 5) is 12.3. The van der Waals surface area contributed by atoms with Crippen LogP contribution in [-0.4, -0.2) is 5.97 Å². The van der Waals surface area contributed by atoms with Crippen LogP contribution in [0.3, 0.4) is 0 Å². The second kappa shape index (κ2) is 6.20. The molecule has 1 atom stereocenters. The summed E-state index contributed by atoms with van der Waals surface area (Å²) in [6, 6.07) is 15.3. The molecule has 0 N–H and O–H groups in total. The molecule has 0 bridgehead atoms. The van der Waals surface area contributed by atoms with Gasteiger partial charge in [0.05, 0.1) is 5.56 Å². The molecule has 0 saturated heterocycles. The van der Waals surface area contributed by atoms with Gasteiger partial charge in [-0.05, 0) is 36.6 Å². The molecule has 2 nitrogen and oxygen atoms in total. The minimum atomic E-state index is -0.303. The molecule has 0 radical (unpaired) electrons. The summed E-state index contributed by atoms with van der Waals surface area (Å²) < 4.78 is 5.53. The zero-order valence-electron chi connectivity index (χ0n) is 11.8. The summed E-state index contributed by atoms with van der Waals surface area (Å²) in [5, 5.41) is 0. The van der Waals surface area contributed by atoms with Gasteiger partial charge in [0.1, 0.15) is 6.10 Å². The molecule has 2 heteroatoms. The van der Waals surface area contributed by atoms with Gasteiger partial charge in [-0.3, -0.25) is 0 Å². The highest BCUT2D eigenvalue weighted by molar-refractivity contribution is 5.92. The lowest BCUT2D eigenvalue weighted by molar-refractivity contribution is 0.0337. The zero-order chi connectivity index (χ0) is 14.5. The highest BCUT2D eigenvalue weighted by Crippen LogP contribution is 2.21. The van der Waals surface area contributed by atoms with Crippen LogP contribution < -0.4 is 0 Å². The molecular formula is C18H18O2. The third-order valence-electron chi connectivity index (χ3n) is 3.37. The molecule has 0 amide bonds. The van der Waals surface area contributed by atoms with Crippen molar-refractivity contribution in [2.45, 2.75) is 20.0 Å². The summed E-state index contributed by atoms with van der Waals surface area (Å²) in [6.07, 6.45) is 1.47. The summed E-state index contributed by atoms with van der Waals surface area (Å²) in [7, 11) is 0. The third-order valence-corrected chi connectivity index (χ3v) is 3.37. The molecule has 0 aliphatic rings. The number of hydrogen-bond acceptors (Lipinski definition) is 2. The van der Waals surface area contributed by atoms with Crippen LogP contribution in [0.4, 0.5) is 0 Å². The van der Waals surface area contributed by atoms with Gasteiger partial charge in [0, 0.05) is 0 Å². The Balaban J connectivity index is 2.19. The van der Waals surface area contributed by atoms with Crippen LogP contribution in [0.2, 0.25) is 0 Å². The Hall–Kier alpha value is -2.35. The van der Waals surface area contributed by atoms with Crippen LogP contribution in [0.15, 0.2) is 55.1 Å². The van der Waals surface area contributed by atoms with Gasteiger partial charge in [0.2, 0.25) is 0 Å². The molecule has 2 rings (SSSR count). The summed E-state index contributed by atoms with van der Waals surface area (Å²) in [5.74, 6) is -0.303. The number of carbonyl (C=O) groups excluding carboxylic acids is 1. The Bertz CT molecular complexity index is 615. The summed E-state index contributed by atoms with van der Waals surface area (Å²) >= 11 is 0. The van der Waals surface area contributed by atoms with E-state index in [1.54, 1.807) is 12.1 Å². The topological polar surface area (TPSA) is 26.3 Å². The first kappa shape index (κ1) is 14.1. The van der Waals surface area contributed by atoms with E-state index >= 15 is 0 Å². The van der Waals surface area contributed by atoms with Gasteiger partial charge in [-0.2, -0.15) is 0 Å². The quantitative estimate of drug-likeness (QED) is 0.758. The average molecular weight is 266 g/mol. The lowest BCUT2D eigenvalue weighted by Crippen LogP contribution is -2.11. The van der Waals surface area contributed by atoms with Crippen LogP contribution in [0.5, 0.6) is 0 Å². The minimum Gasteiger partial charge on any atom is -0.454 e. The summed E-state index contributed by atoms with van der Waals surface area (Å²) in [5.41, 5.74) is 3.42. The van der Waals surface area contributed by atoms with Gasteiger partial charge in [-0.15, -0.1) is 0 Å². The Kier molecular flexibility index (Phi) is 4.36. The van der Waals surface area contributed by atoms with Crippen LogP contribution in [0, 0.1) is 6.92 Å². The van der Waals surface area contributed by atoms with E-state index in [1.807, 2.05) is 56.3 Å². The molecule has 1 unspecified atom stereocenters. The molecule has 0 heterocycles. The smallest absolute Gasteiger partial charge is 0.339 e. The van der Waals surface area contributed by atoms with E-state index in [0.717, 1.165) is 16.7 Å². The van der Waals surface area contributed by atoms with Crippen molar-refractivity contribution in [1.29, 1.82) is 0 Å². The van der Waals surface area contributed by atoms with Gasteiger partial charge in [-0.1, -0.05) is 55.1 Å². The van der Waals surface area contributed by atoms with E-state index in [4.69, 9.17) is 4.74 Å². The van der Waals surface area contributed by atoms with Crippen molar-refractivity contribution < 1.29 is 9.53 Å². The number of hydrogen-bond donors (Lipinski definition) is 0. The number of carbonyl (C=O) groups is 1. The predicted molar refractivity (Wildman–Crippen MR) is 81.5 cm³/mol. The highest BCUT2D eigenvalue weighted by Gasteiger charge is 2.16. The van der Waals surface area contributed by atoms with Gasteiger partial charge >= 0.3 is 5.97 Å². The van der Waals surface area contributed by atoms with E-state index in [9.17, 15) is 4.79 Å². The maximum Gasteiger partial charge on any atom is 0.339 e. The SMILES string of the molecule is C=Cc1cccc(C(=O)OC(C)c2ccccc2)c1C. The molecular weight excluding hydrogens is 248 g/mol. The molecule has 2 aromatic rings. The van der Waals surface area contributed by atoms with Crippen LogP contribution >= 0.6 is 0 Å². The first-order valence-electron chi connectivity index (χ1n) is 6.61. The lowest BCUT2D eigenvalue weighted by Gasteiger charge is -2.15. The fourth-order valence-electron chi connectivity index (χ4n) is 2.11. The van der Waals surface area contributed by atoms with Crippen molar-refractivity contribution in [1.82, 2.24) is 0 Å². The number of rotatable bonds is 4. The normalized spacial score (nSPS) is 11.7. The fourth-order valence-corrected chi connectivity index (χ4v) is 2.11. The number of esters is 1. The van der Waals surface area contributed by atoms with Gasteiger partial charge < -0.3 is 4.74 Å². The van der Waals surface area contributed by atoms with Crippen molar-refractivity contribution in [3.05, 3.63) is 77.4 Å². The van der Waals surface area contributed by atoms with Gasteiger partial charge in [0.15, 0.2) is 0 Å². The second-order valence-corrected chi connectivity index (χ2v) is 4.68. The van der Waals surface area contributed by atoms with E-state index in [-0.39, 0.29) is 12.1 Å².